The first-order valence-corrected chi connectivity index (χ1v) is 8.63. The van der Waals surface area contributed by atoms with Gasteiger partial charge < -0.3 is 14.6 Å². The average molecular weight is 400 g/mol. The number of hydrogen-bond donors (Lipinski definition) is 1. The maximum atomic E-state index is 12.8. The first-order valence-electron chi connectivity index (χ1n) is 8.63. The summed E-state index contributed by atoms with van der Waals surface area (Å²) in [7, 11) is 1.98. The molecule has 7 heteroatoms. The van der Waals surface area contributed by atoms with Crippen molar-refractivity contribution in [3.05, 3.63) is 41.9 Å². The summed E-state index contributed by atoms with van der Waals surface area (Å²) >= 11 is 0. The summed E-state index contributed by atoms with van der Waals surface area (Å²) in [4.78, 5) is 18.9. The zero-order valence-corrected chi connectivity index (χ0v) is 16.9. The van der Waals surface area contributed by atoms with Gasteiger partial charge in [0.05, 0.1) is 0 Å². The minimum Gasteiger partial charge on any atom is -0.443 e. The van der Waals surface area contributed by atoms with Gasteiger partial charge in [0.25, 0.3) is 5.91 Å². The first kappa shape index (κ1) is 22.5. The summed E-state index contributed by atoms with van der Waals surface area (Å²) in [6, 6.07) is 7.96. The molecular weight excluding hydrogens is 373 g/mol. The van der Waals surface area contributed by atoms with Gasteiger partial charge in [-0.25, -0.2) is 4.98 Å². The van der Waals surface area contributed by atoms with Crippen molar-refractivity contribution < 1.29 is 9.21 Å². The fraction of sp³-hybridized carbons (Fsp3) is 0.474. The van der Waals surface area contributed by atoms with E-state index < -0.39 is 0 Å². The monoisotopic (exact) mass is 399 g/mol. The predicted octanol–water partition coefficient (Wildman–Crippen LogP) is 3.96. The highest BCUT2D eigenvalue weighted by atomic mass is 35.5. The smallest absolute Gasteiger partial charge is 0.276 e. The van der Waals surface area contributed by atoms with E-state index in [9.17, 15) is 4.79 Å². The molecule has 1 aliphatic heterocycles. The van der Waals surface area contributed by atoms with Gasteiger partial charge in [-0.15, -0.1) is 24.8 Å². The second kappa shape index (κ2) is 10.6. The molecule has 2 aromatic rings. The molecule has 26 heavy (non-hydrogen) atoms. The maximum Gasteiger partial charge on any atom is 0.276 e. The molecule has 0 spiro atoms. The lowest BCUT2D eigenvalue weighted by Gasteiger charge is -2.31. The molecule has 1 aromatic carbocycles. The Bertz CT molecular complexity index is 680. The van der Waals surface area contributed by atoms with Crippen LogP contribution in [0.3, 0.4) is 0 Å². The van der Waals surface area contributed by atoms with Crippen LogP contribution in [0.1, 0.15) is 35.3 Å². The van der Waals surface area contributed by atoms with E-state index in [0.717, 1.165) is 38.0 Å². The fourth-order valence-corrected chi connectivity index (χ4v) is 3.23. The molecule has 0 bridgehead atoms. The van der Waals surface area contributed by atoms with Gasteiger partial charge in [-0.05, 0) is 45.7 Å². The molecule has 0 radical (unpaired) electrons. The van der Waals surface area contributed by atoms with Crippen LogP contribution in [0.2, 0.25) is 0 Å². The van der Waals surface area contributed by atoms with Gasteiger partial charge >= 0.3 is 0 Å². The predicted molar refractivity (Wildman–Crippen MR) is 108 cm³/mol. The summed E-state index contributed by atoms with van der Waals surface area (Å²) in [5.41, 5.74) is 2.49. The Labute approximate surface area is 167 Å². The lowest BCUT2D eigenvalue weighted by molar-refractivity contribution is 0.0682. The van der Waals surface area contributed by atoms with E-state index in [1.54, 1.807) is 0 Å². The van der Waals surface area contributed by atoms with E-state index in [2.05, 4.69) is 10.3 Å². The highest BCUT2D eigenvalue weighted by Gasteiger charge is 2.27. The first-order chi connectivity index (χ1) is 11.7. The molecule has 2 heterocycles. The molecule has 3 rings (SSSR count). The van der Waals surface area contributed by atoms with Crippen LogP contribution >= 0.6 is 24.8 Å². The summed E-state index contributed by atoms with van der Waals surface area (Å²) in [5.74, 6) is 1.25. The van der Waals surface area contributed by atoms with Crippen LogP contribution in [0, 0.1) is 12.8 Å². The fourth-order valence-electron chi connectivity index (χ4n) is 3.23. The van der Waals surface area contributed by atoms with Gasteiger partial charge in [-0.2, -0.15) is 0 Å². The van der Waals surface area contributed by atoms with Crippen molar-refractivity contribution in [2.24, 2.45) is 5.92 Å². The van der Waals surface area contributed by atoms with Crippen molar-refractivity contribution in [2.75, 3.05) is 26.7 Å². The number of piperidine rings is 1. The van der Waals surface area contributed by atoms with Crippen LogP contribution in [-0.4, -0.2) is 42.5 Å². The Morgan fingerprint density at radius 3 is 2.50 bits per heavy atom. The van der Waals surface area contributed by atoms with E-state index in [4.69, 9.17) is 4.42 Å². The summed E-state index contributed by atoms with van der Waals surface area (Å²) < 4.78 is 5.51. The van der Waals surface area contributed by atoms with E-state index in [0.29, 0.717) is 17.4 Å². The number of rotatable bonds is 5. The molecule has 1 fully saturated rings. The van der Waals surface area contributed by atoms with E-state index in [1.807, 2.05) is 43.1 Å². The van der Waals surface area contributed by atoms with Crippen molar-refractivity contribution in [3.63, 3.8) is 0 Å². The van der Waals surface area contributed by atoms with E-state index >= 15 is 0 Å². The second-order valence-corrected chi connectivity index (χ2v) is 6.52. The van der Waals surface area contributed by atoms with E-state index in [1.165, 1.54) is 18.4 Å². The molecule has 0 atom stereocenters. The van der Waals surface area contributed by atoms with Crippen LogP contribution in [-0.2, 0) is 0 Å². The Morgan fingerprint density at radius 2 is 1.88 bits per heavy atom. The number of carbonyl (C=O) groups is 1. The van der Waals surface area contributed by atoms with Crippen molar-refractivity contribution in [1.29, 1.82) is 0 Å². The molecule has 1 N–H and O–H groups in total. The zero-order valence-electron chi connectivity index (χ0n) is 15.2. The summed E-state index contributed by atoms with van der Waals surface area (Å²) in [6.45, 7) is 4.68. The van der Waals surface area contributed by atoms with Crippen molar-refractivity contribution in [1.82, 2.24) is 15.2 Å². The second-order valence-electron chi connectivity index (χ2n) is 6.52. The quantitative estimate of drug-likeness (QED) is 0.826. The third-order valence-corrected chi connectivity index (χ3v) is 4.79. The van der Waals surface area contributed by atoms with Crippen LogP contribution in [0.15, 0.2) is 35.1 Å². The Hall–Kier alpha value is -1.56. The van der Waals surface area contributed by atoms with Crippen LogP contribution in [0.4, 0.5) is 0 Å². The molecule has 0 saturated carbocycles. The van der Waals surface area contributed by atoms with Gasteiger partial charge in [0, 0.05) is 18.7 Å². The topological polar surface area (TPSA) is 58.4 Å². The SMILES string of the molecule is CNCCC1CCN(C(=O)c2ncoc2-c2ccc(C)cc2)CC1.Cl.Cl. The normalized spacial score (nSPS) is 14.5. The molecule has 1 aromatic heterocycles. The number of oxazole rings is 1. The zero-order chi connectivity index (χ0) is 16.9. The van der Waals surface area contributed by atoms with Gasteiger partial charge in [0.2, 0.25) is 0 Å². The molecular formula is C19H27Cl2N3O2. The third-order valence-electron chi connectivity index (χ3n) is 4.79. The van der Waals surface area contributed by atoms with Gasteiger partial charge in [0.1, 0.15) is 0 Å². The summed E-state index contributed by atoms with van der Waals surface area (Å²) in [6.07, 6.45) is 4.66. The van der Waals surface area contributed by atoms with Crippen LogP contribution in [0.5, 0.6) is 0 Å². The molecule has 144 valence electrons. The van der Waals surface area contributed by atoms with Gasteiger partial charge in [-0.3, -0.25) is 4.79 Å². The number of hydrogen-bond acceptors (Lipinski definition) is 4. The molecule has 0 aliphatic carbocycles. The lowest BCUT2D eigenvalue weighted by atomic mass is 9.93. The van der Waals surface area contributed by atoms with Crippen LogP contribution < -0.4 is 5.32 Å². The molecule has 1 amide bonds. The lowest BCUT2D eigenvalue weighted by Crippen LogP contribution is -2.39. The minimum absolute atomic E-state index is 0. The van der Waals surface area contributed by atoms with Crippen molar-refractivity contribution >= 4 is 30.7 Å². The number of carbonyl (C=O) groups excluding carboxylic acids is 1. The number of benzene rings is 1. The van der Waals surface area contributed by atoms with E-state index in [-0.39, 0.29) is 30.7 Å². The van der Waals surface area contributed by atoms with Crippen molar-refractivity contribution in [3.8, 4) is 11.3 Å². The third kappa shape index (κ3) is 5.22. The van der Waals surface area contributed by atoms with Gasteiger partial charge in [-0.1, -0.05) is 29.8 Å². The largest absolute Gasteiger partial charge is 0.443 e. The molecule has 1 aliphatic rings. The number of amides is 1. The number of aromatic nitrogens is 1. The average Bonchev–Trinajstić information content (AvgIpc) is 3.10. The van der Waals surface area contributed by atoms with Gasteiger partial charge in [0.15, 0.2) is 17.8 Å². The highest BCUT2D eigenvalue weighted by Crippen LogP contribution is 2.27. The summed E-state index contributed by atoms with van der Waals surface area (Å²) in [5, 5.41) is 3.20. The molecule has 5 nitrogen and oxygen atoms in total. The number of aryl methyl sites for hydroxylation is 1. The maximum absolute atomic E-state index is 12.8. The van der Waals surface area contributed by atoms with Crippen molar-refractivity contribution in [2.45, 2.75) is 26.2 Å². The number of halogens is 2. The Morgan fingerprint density at radius 1 is 1.23 bits per heavy atom. The Balaban J connectivity index is 0.00000169. The van der Waals surface area contributed by atoms with Crippen LogP contribution in [0.25, 0.3) is 11.3 Å². The number of nitrogens with zero attached hydrogens (tertiary/aromatic N) is 2. The number of likely N-dealkylation sites (tertiary alicyclic amines) is 1. The molecule has 0 unspecified atom stereocenters. The number of nitrogens with one attached hydrogen (secondary N) is 1. The Kier molecular flexibility index (Phi) is 9.13. The minimum atomic E-state index is -0.0219. The highest BCUT2D eigenvalue weighted by molar-refractivity contribution is 5.97. The molecule has 1 saturated heterocycles. The standard InChI is InChI=1S/C19H25N3O2.2ClH/c1-14-3-5-16(6-4-14)18-17(21-13-24-18)19(23)22-11-8-15(9-12-22)7-10-20-2;;/h3-6,13,15,20H,7-12H2,1-2H3;2*1H.